The molecular weight excluding hydrogens is 364 g/mol. The highest BCUT2D eigenvalue weighted by Crippen LogP contribution is 2.27. The highest BCUT2D eigenvalue weighted by molar-refractivity contribution is 7.98. The number of benzene rings is 2. The molecule has 0 aliphatic heterocycles. The molecule has 0 aliphatic rings. The van der Waals surface area contributed by atoms with Gasteiger partial charge in [0.05, 0.1) is 20.8 Å². The van der Waals surface area contributed by atoms with Gasteiger partial charge in [-0.1, -0.05) is 30.3 Å². The van der Waals surface area contributed by atoms with Crippen molar-refractivity contribution in [3.63, 3.8) is 0 Å². The molecule has 0 aliphatic carbocycles. The Hall–Kier alpha value is -2.67. The van der Waals surface area contributed by atoms with E-state index in [4.69, 9.17) is 9.47 Å². The van der Waals surface area contributed by atoms with Crippen molar-refractivity contribution in [2.75, 3.05) is 33.1 Å². The van der Waals surface area contributed by atoms with Crippen LogP contribution in [0, 0.1) is 0 Å². The van der Waals surface area contributed by atoms with E-state index in [1.807, 2.05) is 18.2 Å². The first-order valence-electron chi connectivity index (χ1n) is 8.52. The standard InChI is InChI=1S/C20H24N2O4S/c1-25-17-9-8-16(12-18(17)26-2)20(24)22-13-19(23)21-10-11-27-14-15-6-4-3-5-7-15/h3-9,12H,10-11,13-14H2,1-2H3,(H,21,23)(H,22,24). The number of rotatable bonds is 10. The summed E-state index contributed by atoms with van der Waals surface area (Å²) in [7, 11) is 3.03. The predicted molar refractivity (Wildman–Crippen MR) is 107 cm³/mol. The van der Waals surface area contributed by atoms with Gasteiger partial charge in [-0.2, -0.15) is 11.8 Å². The number of carbonyl (C=O) groups is 2. The van der Waals surface area contributed by atoms with Gasteiger partial charge in [0.2, 0.25) is 5.91 Å². The Morgan fingerprint density at radius 2 is 1.70 bits per heavy atom. The minimum atomic E-state index is -0.343. The molecule has 2 amide bonds. The Balaban J connectivity index is 1.67. The number of thioether (sulfide) groups is 1. The molecule has 0 saturated heterocycles. The maximum absolute atomic E-state index is 12.2. The van der Waals surface area contributed by atoms with Gasteiger partial charge in [0.1, 0.15) is 0 Å². The molecule has 0 bridgehead atoms. The summed E-state index contributed by atoms with van der Waals surface area (Å²) in [6.07, 6.45) is 0. The van der Waals surface area contributed by atoms with Crippen molar-refractivity contribution < 1.29 is 19.1 Å². The fourth-order valence-electron chi connectivity index (χ4n) is 2.33. The van der Waals surface area contributed by atoms with E-state index in [1.165, 1.54) is 19.8 Å². The first-order valence-corrected chi connectivity index (χ1v) is 9.68. The van der Waals surface area contributed by atoms with Crippen molar-refractivity contribution in [2.45, 2.75) is 5.75 Å². The van der Waals surface area contributed by atoms with Crippen molar-refractivity contribution in [3.05, 3.63) is 59.7 Å². The molecule has 0 radical (unpaired) electrons. The summed E-state index contributed by atoms with van der Waals surface area (Å²) in [6, 6.07) is 15.0. The van der Waals surface area contributed by atoms with Crippen molar-refractivity contribution in [2.24, 2.45) is 0 Å². The Morgan fingerprint density at radius 1 is 0.963 bits per heavy atom. The van der Waals surface area contributed by atoms with Crippen LogP contribution in [-0.2, 0) is 10.5 Å². The molecular formula is C20H24N2O4S. The van der Waals surface area contributed by atoms with Crippen LogP contribution in [-0.4, -0.2) is 44.9 Å². The quantitative estimate of drug-likeness (QED) is 0.612. The molecule has 27 heavy (non-hydrogen) atoms. The number of methoxy groups -OCH3 is 2. The zero-order chi connectivity index (χ0) is 19.5. The molecule has 2 aromatic rings. The fraction of sp³-hybridized carbons (Fsp3) is 0.300. The minimum absolute atomic E-state index is 0.0729. The van der Waals surface area contributed by atoms with E-state index in [2.05, 4.69) is 22.8 Å². The Kier molecular flexibility index (Phi) is 8.51. The van der Waals surface area contributed by atoms with Crippen LogP contribution in [0.15, 0.2) is 48.5 Å². The largest absolute Gasteiger partial charge is 0.493 e. The van der Waals surface area contributed by atoms with E-state index in [0.29, 0.717) is 23.6 Å². The smallest absolute Gasteiger partial charge is 0.251 e. The van der Waals surface area contributed by atoms with E-state index in [0.717, 1.165) is 11.5 Å². The van der Waals surface area contributed by atoms with Gasteiger partial charge in [-0.15, -0.1) is 0 Å². The van der Waals surface area contributed by atoms with Gasteiger partial charge in [-0.3, -0.25) is 9.59 Å². The molecule has 0 spiro atoms. The third kappa shape index (κ3) is 6.86. The first kappa shape index (κ1) is 20.6. The zero-order valence-electron chi connectivity index (χ0n) is 15.5. The molecule has 7 heteroatoms. The molecule has 6 nitrogen and oxygen atoms in total. The van der Waals surface area contributed by atoms with E-state index in [-0.39, 0.29) is 18.4 Å². The molecule has 0 aromatic heterocycles. The van der Waals surface area contributed by atoms with Crippen LogP contribution in [0.1, 0.15) is 15.9 Å². The number of hydrogen-bond donors (Lipinski definition) is 2. The summed E-state index contributed by atoms with van der Waals surface area (Å²) in [5.41, 5.74) is 1.66. The number of ether oxygens (including phenoxy) is 2. The monoisotopic (exact) mass is 388 g/mol. The molecule has 0 heterocycles. The van der Waals surface area contributed by atoms with E-state index >= 15 is 0 Å². The molecule has 144 valence electrons. The summed E-state index contributed by atoms with van der Waals surface area (Å²) in [5, 5.41) is 5.40. The van der Waals surface area contributed by atoms with Gasteiger partial charge in [0.25, 0.3) is 5.91 Å². The minimum Gasteiger partial charge on any atom is -0.493 e. The number of nitrogens with one attached hydrogen (secondary N) is 2. The van der Waals surface area contributed by atoms with Gasteiger partial charge in [-0.25, -0.2) is 0 Å². The third-order valence-corrected chi connectivity index (χ3v) is 4.77. The van der Waals surface area contributed by atoms with Crippen LogP contribution in [0.5, 0.6) is 11.5 Å². The number of amides is 2. The van der Waals surface area contributed by atoms with Crippen LogP contribution in [0.4, 0.5) is 0 Å². The maximum atomic E-state index is 12.2. The summed E-state index contributed by atoms with van der Waals surface area (Å²) in [4.78, 5) is 24.0. The highest BCUT2D eigenvalue weighted by Gasteiger charge is 2.11. The Bertz CT molecular complexity index is 753. The summed E-state index contributed by atoms with van der Waals surface area (Å²) >= 11 is 1.75. The molecule has 0 fully saturated rings. The topological polar surface area (TPSA) is 76.7 Å². The molecule has 0 unspecified atom stereocenters. The summed E-state index contributed by atoms with van der Waals surface area (Å²) in [5.74, 6) is 2.16. The second kappa shape index (κ2) is 11.1. The zero-order valence-corrected chi connectivity index (χ0v) is 16.3. The highest BCUT2D eigenvalue weighted by atomic mass is 32.2. The maximum Gasteiger partial charge on any atom is 0.251 e. The lowest BCUT2D eigenvalue weighted by atomic mass is 10.2. The molecule has 0 atom stereocenters. The van der Waals surface area contributed by atoms with Crippen LogP contribution < -0.4 is 20.1 Å². The SMILES string of the molecule is COc1ccc(C(=O)NCC(=O)NCCSCc2ccccc2)cc1OC. The number of hydrogen-bond acceptors (Lipinski definition) is 5. The lowest BCUT2D eigenvalue weighted by Crippen LogP contribution is -2.37. The van der Waals surface area contributed by atoms with Crippen molar-refractivity contribution in [3.8, 4) is 11.5 Å². The van der Waals surface area contributed by atoms with Crippen LogP contribution in [0.25, 0.3) is 0 Å². The third-order valence-electron chi connectivity index (χ3n) is 3.74. The van der Waals surface area contributed by atoms with Crippen LogP contribution in [0.3, 0.4) is 0 Å². The van der Waals surface area contributed by atoms with E-state index in [9.17, 15) is 9.59 Å². The molecule has 2 aromatic carbocycles. The van der Waals surface area contributed by atoms with Gasteiger partial charge < -0.3 is 20.1 Å². The second-order valence-corrected chi connectivity index (χ2v) is 6.75. The van der Waals surface area contributed by atoms with Gasteiger partial charge in [-0.05, 0) is 23.8 Å². The van der Waals surface area contributed by atoms with Crippen molar-refractivity contribution >= 4 is 23.6 Å². The van der Waals surface area contributed by atoms with E-state index < -0.39 is 0 Å². The number of carbonyl (C=O) groups excluding carboxylic acids is 2. The van der Waals surface area contributed by atoms with Crippen LogP contribution >= 0.6 is 11.8 Å². The van der Waals surface area contributed by atoms with Crippen molar-refractivity contribution in [1.29, 1.82) is 0 Å². The lowest BCUT2D eigenvalue weighted by Gasteiger charge is -2.10. The van der Waals surface area contributed by atoms with Crippen molar-refractivity contribution in [1.82, 2.24) is 10.6 Å². The predicted octanol–water partition coefficient (Wildman–Crippen LogP) is 2.48. The average Bonchev–Trinajstić information content (AvgIpc) is 2.71. The Morgan fingerprint density at radius 3 is 2.41 bits per heavy atom. The first-order chi connectivity index (χ1) is 13.1. The lowest BCUT2D eigenvalue weighted by molar-refractivity contribution is -0.120. The molecule has 0 saturated carbocycles. The second-order valence-electron chi connectivity index (χ2n) is 5.64. The average molecular weight is 388 g/mol. The summed E-state index contributed by atoms with van der Waals surface area (Å²) < 4.78 is 10.3. The fourth-order valence-corrected chi connectivity index (χ4v) is 3.15. The van der Waals surface area contributed by atoms with Gasteiger partial charge in [0, 0.05) is 23.6 Å². The Labute approximate surface area is 163 Å². The summed E-state index contributed by atoms with van der Waals surface area (Å²) in [6.45, 7) is 0.485. The normalized spacial score (nSPS) is 10.1. The molecule has 2 N–H and O–H groups in total. The van der Waals surface area contributed by atoms with E-state index in [1.54, 1.807) is 30.0 Å². The molecule has 2 rings (SSSR count). The van der Waals surface area contributed by atoms with Gasteiger partial charge in [0.15, 0.2) is 11.5 Å². The van der Waals surface area contributed by atoms with Gasteiger partial charge >= 0.3 is 0 Å². The van der Waals surface area contributed by atoms with Crippen LogP contribution in [0.2, 0.25) is 0 Å².